The summed E-state index contributed by atoms with van der Waals surface area (Å²) >= 11 is 3.27. The van der Waals surface area contributed by atoms with Crippen LogP contribution in [0.1, 0.15) is 17.9 Å². The van der Waals surface area contributed by atoms with Crippen molar-refractivity contribution in [2.75, 3.05) is 10.6 Å². The summed E-state index contributed by atoms with van der Waals surface area (Å²) in [4.78, 5) is 0. The fraction of sp³-hybridized carbons (Fsp3) is 0.176. The number of nitrogens with zero attached hydrogens (tertiary/aromatic N) is 3. The molecule has 0 amide bonds. The first-order chi connectivity index (χ1) is 13.1. The van der Waals surface area contributed by atoms with Crippen LogP contribution < -0.4 is 4.31 Å². The Morgan fingerprint density at radius 1 is 1.18 bits per heavy atom. The van der Waals surface area contributed by atoms with E-state index in [0.29, 0.717) is 10.2 Å². The number of sulfonamides is 1. The van der Waals surface area contributed by atoms with Crippen LogP contribution >= 0.6 is 15.9 Å². The zero-order chi connectivity index (χ0) is 20.5. The average Bonchev–Trinajstić information content (AvgIpc) is 3.10. The molecule has 0 aliphatic heterocycles. The maximum absolute atomic E-state index is 14.6. The molecule has 3 rings (SSSR count). The van der Waals surface area contributed by atoms with E-state index in [1.165, 1.54) is 12.1 Å². The highest BCUT2D eigenvalue weighted by Crippen LogP contribution is 2.28. The van der Waals surface area contributed by atoms with Gasteiger partial charge in [-0.1, -0.05) is 28.1 Å². The molecule has 0 fully saturated rings. The summed E-state index contributed by atoms with van der Waals surface area (Å²) in [7, 11) is -3.70. The molecule has 148 valence electrons. The Kier molecular flexibility index (Phi) is 5.75. The van der Waals surface area contributed by atoms with E-state index in [9.17, 15) is 21.6 Å². The van der Waals surface area contributed by atoms with Crippen LogP contribution in [0.4, 0.5) is 18.9 Å². The van der Waals surface area contributed by atoms with E-state index in [1.807, 2.05) is 0 Å². The summed E-state index contributed by atoms with van der Waals surface area (Å²) < 4.78 is 70.6. The van der Waals surface area contributed by atoms with Crippen LogP contribution in [0.5, 0.6) is 0 Å². The van der Waals surface area contributed by atoms with Gasteiger partial charge < -0.3 is 4.42 Å². The molecule has 0 bridgehead atoms. The second-order valence-corrected chi connectivity index (χ2v) is 8.62. The molecule has 0 N–H and O–H groups in total. The third-order valence-electron chi connectivity index (χ3n) is 3.74. The second-order valence-electron chi connectivity index (χ2n) is 5.80. The smallest absolute Gasteiger partial charge is 0.314 e. The number of halogens is 4. The Morgan fingerprint density at radius 2 is 1.93 bits per heavy atom. The van der Waals surface area contributed by atoms with Crippen molar-refractivity contribution in [3.63, 3.8) is 0 Å². The molecule has 0 aliphatic carbocycles. The van der Waals surface area contributed by atoms with Gasteiger partial charge in [-0.15, -0.1) is 10.2 Å². The summed E-state index contributed by atoms with van der Waals surface area (Å²) in [5, 5.41) is 6.65. The number of hydrogen-bond donors (Lipinski definition) is 0. The second kappa shape index (κ2) is 7.92. The molecule has 6 nitrogen and oxygen atoms in total. The van der Waals surface area contributed by atoms with Crippen molar-refractivity contribution < 1.29 is 26.0 Å². The summed E-state index contributed by atoms with van der Waals surface area (Å²) in [6.45, 7) is -0.256. The maximum Gasteiger partial charge on any atom is 0.314 e. The minimum atomic E-state index is -3.70. The van der Waals surface area contributed by atoms with Crippen molar-refractivity contribution in [2.24, 2.45) is 0 Å². The summed E-state index contributed by atoms with van der Waals surface area (Å²) in [6, 6.07) is 10.3. The molecule has 11 heteroatoms. The van der Waals surface area contributed by atoms with Gasteiger partial charge in [0, 0.05) is 15.6 Å². The molecule has 0 atom stereocenters. The van der Waals surface area contributed by atoms with Gasteiger partial charge in [-0.3, -0.25) is 4.31 Å². The number of anilines is 1. The first-order valence-corrected chi connectivity index (χ1v) is 10.4. The largest absolute Gasteiger partial charge is 0.415 e. The fourth-order valence-electron chi connectivity index (χ4n) is 2.43. The van der Waals surface area contributed by atoms with Gasteiger partial charge in [0.15, 0.2) is 0 Å². The van der Waals surface area contributed by atoms with E-state index in [1.54, 1.807) is 24.3 Å². The predicted octanol–water partition coefficient (Wildman–Crippen LogP) is 4.54. The Balaban J connectivity index is 1.92. The van der Waals surface area contributed by atoms with Crippen LogP contribution in [0.25, 0.3) is 11.5 Å². The van der Waals surface area contributed by atoms with E-state index < -0.39 is 28.2 Å². The molecular weight excluding hydrogens is 463 g/mol. The normalized spacial score (nSPS) is 11.8. The van der Waals surface area contributed by atoms with Gasteiger partial charge in [0.25, 0.3) is 5.89 Å². The number of aromatic nitrogens is 2. The van der Waals surface area contributed by atoms with Crippen molar-refractivity contribution in [3.05, 3.63) is 64.2 Å². The van der Waals surface area contributed by atoms with Crippen LogP contribution in [0.3, 0.4) is 0 Å². The van der Waals surface area contributed by atoms with Gasteiger partial charge >= 0.3 is 6.43 Å². The summed E-state index contributed by atoms with van der Waals surface area (Å²) in [6.07, 6.45) is -1.91. The highest BCUT2D eigenvalue weighted by Gasteiger charge is 2.21. The molecule has 0 spiro atoms. The standard InChI is InChI=1S/C17H13BrF3N3O3S/c1-28(25,26)24(13-4-2-3-12(18)8-13)9-11-6-5-10(7-14(11)19)16-22-23-17(27-16)15(20)21/h2-8,15H,9H2,1H3. The van der Waals surface area contributed by atoms with Gasteiger partial charge in [0.1, 0.15) is 5.82 Å². The minimum Gasteiger partial charge on any atom is -0.415 e. The van der Waals surface area contributed by atoms with Gasteiger partial charge in [-0.05, 0) is 30.3 Å². The van der Waals surface area contributed by atoms with Gasteiger partial charge in [-0.2, -0.15) is 8.78 Å². The molecule has 1 heterocycles. The minimum absolute atomic E-state index is 0.0859. The zero-order valence-corrected chi connectivity index (χ0v) is 16.7. The van der Waals surface area contributed by atoms with Crippen LogP contribution in [0.2, 0.25) is 0 Å². The van der Waals surface area contributed by atoms with Crippen LogP contribution in [0.15, 0.2) is 51.4 Å². The molecule has 3 aromatic rings. The Bertz CT molecular complexity index is 1110. The van der Waals surface area contributed by atoms with Crippen molar-refractivity contribution in [1.82, 2.24) is 10.2 Å². The first kappa shape index (κ1) is 20.3. The monoisotopic (exact) mass is 475 g/mol. The van der Waals surface area contributed by atoms with Crippen molar-refractivity contribution in [2.45, 2.75) is 13.0 Å². The third kappa shape index (κ3) is 4.53. The quantitative estimate of drug-likeness (QED) is 0.522. The highest BCUT2D eigenvalue weighted by atomic mass is 79.9. The lowest BCUT2D eigenvalue weighted by molar-refractivity contribution is 0.116. The number of benzene rings is 2. The van der Waals surface area contributed by atoms with Crippen LogP contribution in [-0.4, -0.2) is 24.9 Å². The van der Waals surface area contributed by atoms with E-state index in [4.69, 9.17) is 4.42 Å². The Labute approximate surface area is 167 Å². The SMILES string of the molecule is CS(=O)(=O)N(Cc1ccc(-c2nnc(C(F)F)o2)cc1F)c1cccc(Br)c1. The average molecular weight is 476 g/mol. The molecule has 0 aliphatic rings. The Hall–Kier alpha value is -2.40. The van der Waals surface area contributed by atoms with Crippen molar-refractivity contribution >= 4 is 31.6 Å². The molecule has 0 saturated heterocycles. The lowest BCUT2D eigenvalue weighted by Crippen LogP contribution is -2.29. The zero-order valence-electron chi connectivity index (χ0n) is 14.3. The molecule has 0 saturated carbocycles. The third-order valence-corrected chi connectivity index (χ3v) is 5.37. The van der Waals surface area contributed by atoms with Gasteiger partial charge in [-0.25, -0.2) is 12.8 Å². The number of hydrogen-bond acceptors (Lipinski definition) is 5. The lowest BCUT2D eigenvalue weighted by atomic mass is 10.1. The van der Waals surface area contributed by atoms with Gasteiger partial charge in [0.05, 0.1) is 18.5 Å². The molecule has 0 unspecified atom stereocenters. The first-order valence-electron chi connectivity index (χ1n) is 7.79. The van der Waals surface area contributed by atoms with Gasteiger partial charge in [0.2, 0.25) is 15.9 Å². The molecule has 28 heavy (non-hydrogen) atoms. The lowest BCUT2D eigenvalue weighted by Gasteiger charge is -2.23. The van der Waals surface area contributed by atoms with Crippen molar-refractivity contribution in [3.8, 4) is 11.5 Å². The fourth-order valence-corrected chi connectivity index (χ4v) is 3.69. The topological polar surface area (TPSA) is 76.3 Å². The van der Waals surface area contributed by atoms with E-state index in [2.05, 4.69) is 26.1 Å². The van der Waals surface area contributed by atoms with E-state index >= 15 is 0 Å². The molecule has 2 aromatic carbocycles. The molecular formula is C17H13BrF3N3O3S. The van der Waals surface area contributed by atoms with Crippen LogP contribution in [-0.2, 0) is 16.6 Å². The van der Waals surface area contributed by atoms with E-state index in [-0.39, 0.29) is 23.6 Å². The van der Waals surface area contributed by atoms with E-state index in [0.717, 1.165) is 16.6 Å². The highest BCUT2D eigenvalue weighted by molar-refractivity contribution is 9.10. The number of rotatable bonds is 6. The van der Waals surface area contributed by atoms with Crippen molar-refractivity contribution in [1.29, 1.82) is 0 Å². The number of alkyl halides is 2. The molecule has 1 aromatic heterocycles. The molecule has 0 radical (unpaired) electrons. The van der Waals surface area contributed by atoms with Crippen LogP contribution in [0, 0.1) is 5.82 Å². The predicted molar refractivity (Wildman–Crippen MR) is 99.8 cm³/mol. The maximum atomic E-state index is 14.6. The summed E-state index contributed by atoms with van der Waals surface area (Å²) in [5.41, 5.74) is 0.551. The Morgan fingerprint density at radius 3 is 2.50 bits per heavy atom. The summed E-state index contributed by atoms with van der Waals surface area (Å²) in [5.74, 6) is -1.86.